The Labute approximate surface area is 204 Å². The predicted molar refractivity (Wildman–Crippen MR) is 146 cm³/mol. The second-order valence-corrected chi connectivity index (χ2v) is 8.62. The first kappa shape index (κ1) is 26.8. The molecule has 0 amide bonds. The summed E-state index contributed by atoms with van der Waals surface area (Å²) in [6.45, 7) is 14.1. The van der Waals surface area contributed by atoms with Crippen molar-refractivity contribution in [2.45, 2.75) is 61.3 Å². The van der Waals surface area contributed by atoms with E-state index < -0.39 is 0 Å². The van der Waals surface area contributed by atoms with Crippen molar-refractivity contribution in [3.8, 4) is 0 Å². The number of rotatable bonds is 8. The van der Waals surface area contributed by atoms with Crippen LogP contribution in [0.3, 0.4) is 0 Å². The van der Waals surface area contributed by atoms with Crippen molar-refractivity contribution in [2.75, 3.05) is 0 Å². The van der Waals surface area contributed by atoms with Gasteiger partial charge in [-0.3, -0.25) is 0 Å². The minimum absolute atomic E-state index is 0.196. The third-order valence-corrected chi connectivity index (χ3v) is 6.15. The van der Waals surface area contributed by atoms with Crippen LogP contribution in [0.1, 0.15) is 75.3 Å². The predicted octanol–water partition coefficient (Wildman–Crippen LogP) is 7.59. The fraction of sp³-hybridized carbons (Fsp3) is 0.300. The molecule has 3 nitrogen and oxygen atoms in total. The van der Waals surface area contributed by atoms with E-state index in [-0.39, 0.29) is 5.82 Å². The van der Waals surface area contributed by atoms with Crippen molar-refractivity contribution in [3.63, 3.8) is 0 Å². The summed E-state index contributed by atoms with van der Waals surface area (Å²) in [5.41, 5.74) is 21.4. The summed E-state index contributed by atoms with van der Waals surface area (Å²) in [5.74, 6) is 0.674. The number of halogens is 1. The molecule has 4 heteroatoms. The van der Waals surface area contributed by atoms with Gasteiger partial charge in [-0.1, -0.05) is 61.9 Å². The third-order valence-electron chi connectivity index (χ3n) is 6.15. The van der Waals surface area contributed by atoms with Gasteiger partial charge in [-0.15, -0.1) is 0 Å². The van der Waals surface area contributed by atoms with Crippen LogP contribution in [-0.2, 0) is 0 Å². The summed E-state index contributed by atoms with van der Waals surface area (Å²) in [4.78, 5) is 4.43. The van der Waals surface area contributed by atoms with Gasteiger partial charge in [-0.05, 0) is 98.6 Å². The van der Waals surface area contributed by atoms with Crippen molar-refractivity contribution < 1.29 is 4.39 Å². The number of hydrogen-bond donors (Lipinski definition) is 2. The Morgan fingerprint density at radius 3 is 2.09 bits per heavy atom. The fourth-order valence-corrected chi connectivity index (χ4v) is 3.71. The number of hydrogen-bond acceptors (Lipinski definition) is 2. The molecule has 0 fully saturated rings. The van der Waals surface area contributed by atoms with Gasteiger partial charge in [0.05, 0.1) is 0 Å². The van der Waals surface area contributed by atoms with E-state index in [4.69, 9.17) is 11.5 Å². The first-order valence-electron chi connectivity index (χ1n) is 11.8. The Bertz CT molecular complexity index is 1190. The Kier molecular flexibility index (Phi) is 9.61. The zero-order valence-corrected chi connectivity index (χ0v) is 21.6. The van der Waals surface area contributed by atoms with Crippen LogP contribution in [-0.4, -0.2) is 5.84 Å². The molecule has 2 aromatic carbocycles. The van der Waals surface area contributed by atoms with E-state index in [2.05, 4.69) is 37.0 Å². The van der Waals surface area contributed by atoms with E-state index in [0.29, 0.717) is 17.2 Å². The molecule has 0 unspecified atom stereocenters. The number of nitrogens with zero attached hydrogens (tertiary/aromatic N) is 1. The number of amidine groups is 1. The van der Waals surface area contributed by atoms with Crippen molar-refractivity contribution in [1.82, 2.24) is 0 Å². The topological polar surface area (TPSA) is 64.4 Å². The SMILES string of the molecule is C\C=C/C=C(\C(=C(/C)CC)c1ccc(F)c(C)c1)c1ccc(C(N)=N/C(N)=C(\C)CC)c(C)c1. The average Bonchev–Trinajstić information content (AvgIpc) is 2.82. The fourth-order valence-electron chi connectivity index (χ4n) is 3.71. The summed E-state index contributed by atoms with van der Waals surface area (Å²) < 4.78 is 14.0. The summed E-state index contributed by atoms with van der Waals surface area (Å²) in [7, 11) is 0. The zero-order chi connectivity index (χ0) is 25.4. The van der Waals surface area contributed by atoms with Crippen LogP contribution < -0.4 is 11.5 Å². The molecule has 180 valence electrons. The number of aryl methyl sites for hydroxylation is 2. The first-order valence-corrected chi connectivity index (χ1v) is 11.8. The van der Waals surface area contributed by atoms with Crippen LogP contribution in [0.15, 0.2) is 76.6 Å². The van der Waals surface area contributed by atoms with Gasteiger partial charge in [0, 0.05) is 5.56 Å². The number of benzene rings is 2. The zero-order valence-electron chi connectivity index (χ0n) is 21.6. The highest BCUT2D eigenvalue weighted by atomic mass is 19.1. The maximum absolute atomic E-state index is 14.0. The Morgan fingerprint density at radius 2 is 1.53 bits per heavy atom. The van der Waals surface area contributed by atoms with Gasteiger partial charge in [0.2, 0.25) is 0 Å². The molecule has 0 saturated heterocycles. The van der Waals surface area contributed by atoms with Crippen molar-refractivity contribution in [1.29, 1.82) is 0 Å². The molecule has 0 aliphatic rings. The summed E-state index contributed by atoms with van der Waals surface area (Å²) in [5, 5.41) is 0. The van der Waals surface area contributed by atoms with Crippen LogP contribution in [0.4, 0.5) is 4.39 Å². The van der Waals surface area contributed by atoms with Gasteiger partial charge in [0.15, 0.2) is 0 Å². The van der Waals surface area contributed by atoms with Gasteiger partial charge < -0.3 is 11.5 Å². The van der Waals surface area contributed by atoms with Gasteiger partial charge in [0.1, 0.15) is 17.5 Å². The number of nitrogens with two attached hydrogens (primary N) is 2. The largest absolute Gasteiger partial charge is 0.384 e. The van der Waals surface area contributed by atoms with E-state index >= 15 is 0 Å². The van der Waals surface area contributed by atoms with Gasteiger partial charge in [-0.25, -0.2) is 9.38 Å². The molecule has 0 heterocycles. The highest BCUT2D eigenvalue weighted by Gasteiger charge is 2.16. The van der Waals surface area contributed by atoms with Crippen LogP contribution in [0.5, 0.6) is 0 Å². The molecule has 0 aromatic heterocycles. The minimum atomic E-state index is -0.196. The summed E-state index contributed by atoms with van der Waals surface area (Å²) in [6, 6.07) is 11.5. The highest BCUT2D eigenvalue weighted by Crippen LogP contribution is 2.36. The summed E-state index contributed by atoms with van der Waals surface area (Å²) in [6.07, 6.45) is 7.87. The second-order valence-electron chi connectivity index (χ2n) is 8.62. The van der Waals surface area contributed by atoms with Crippen LogP contribution in [0.25, 0.3) is 11.1 Å². The van der Waals surface area contributed by atoms with Gasteiger partial charge >= 0.3 is 0 Å². The monoisotopic (exact) mass is 459 g/mol. The second kappa shape index (κ2) is 12.2. The van der Waals surface area contributed by atoms with E-state index in [9.17, 15) is 4.39 Å². The lowest BCUT2D eigenvalue weighted by atomic mass is 9.86. The van der Waals surface area contributed by atoms with Gasteiger partial charge in [0.25, 0.3) is 0 Å². The highest BCUT2D eigenvalue weighted by molar-refractivity contribution is 6.07. The lowest BCUT2D eigenvalue weighted by Gasteiger charge is -2.19. The van der Waals surface area contributed by atoms with Crippen molar-refractivity contribution in [3.05, 3.63) is 105 Å². The number of allylic oxidation sites excluding steroid dienone is 7. The molecule has 0 spiro atoms. The minimum Gasteiger partial charge on any atom is -0.384 e. The van der Waals surface area contributed by atoms with Crippen molar-refractivity contribution in [2.24, 2.45) is 16.5 Å². The molecular formula is C30H38FN3. The third kappa shape index (κ3) is 6.34. The molecule has 0 atom stereocenters. The molecule has 0 aliphatic heterocycles. The Hall–Kier alpha value is -3.40. The molecule has 0 aliphatic carbocycles. The molecule has 0 radical (unpaired) electrons. The van der Waals surface area contributed by atoms with E-state index in [1.165, 1.54) is 5.57 Å². The van der Waals surface area contributed by atoms with Crippen LogP contribution in [0, 0.1) is 19.7 Å². The molecule has 4 N–H and O–H groups in total. The van der Waals surface area contributed by atoms with Gasteiger partial charge in [-0.2, -0.15) is 0 Å². The van der Waals surface area contributed by atoms with E-state index in [1.807, 2.05) is 58.0 Å². The van der Waals surface area contributed by atoms with Crippen LogP contribution >= 0.6 is 0 Å². The normalized spacial score (nSPS) is 14.4. The molecule has 2 rings (SSSR count). The quantitative estimate of drug-likeness (QED) is 0.243. The Morgan fingerprint density at radius 1 is 0.912 bits per heavy atom. The standard InChI is InChI=1S/C30H38FN3/c1-8-11-12-26(28(19(4)9-2)24-14-16-27(31)22(7)18-24)23-13-15-25(21(6)17-23)30(33)34-29(32)20(5)10-3/h8,11-18H,9-10,32H2,1-7H3,(H2,33,34)/b11-8-,26-12-,28-19+,29-20+. The first-order chi connectivity index (χ1) is 16.1. The van der Waals surface area contributed by atoms with Crippen molar-refractivity contribution >= 4 is 17.0 Å². The molecule has 34 heavy (non-hydrogen) atoms. The molecule has 0 saturated carbocycles. The Balaban J connectivity index is 2.68. The maximum Gasteiger partial charge on any atom is 0.133 e. The van der Waals surface area contributed by atoms with E-state index in [0.717, 1.165) is 51.8 Å². The molecule has 2 aromatic rings. The van der Waals surface area contributed by atoms with E-state index in [1.54, 1.807) is 13.0 Å². The lowest BCUT2D eigenvalue weighted by molar-refractivity contribution is 0.618. The smallest absolute Gasteiger partial charge is 0.133 e. The number of aliphatic imine (C=N–C) groups is 1. The lowest BCUT2D eigenvalue weighted by Crippen LogP contribution is -2.17. The molecular weight excluding hydrogens is 421 g/mol. The van der Waals surface area contributed by atoms with Crippen LogP contribution in [0.2, 0.25) is 0 Å². The average molecular weight is 460 g/mol. The summed E-state index contributed by atoms with van der Waals surface area (Å²) >= 11 is 0. The maximum atomic E-state index is 14.0. The molecule has 0 bridgehead atoms.